The van der Waals surface area contributed by atoms with Crippen molar-refractivity contribution in [3.05, 3.63) is 35.4 Å². The molecule has 1 unspecified atom stereocenters. The van der Waals surface area contributed by atoms with Crippen molar-refractivity contribution in [2.75, 3.05) is 19.6 Å². The summed E-state index contributed by atoms with van der Waals surface area (Å²) in [7, 11) is 0. The Balaban J connectivity index is 0.00000208. The highest BCUT2D eigenvalue weighted by atomic mass is 35.5. The molecule has 1 aromatic carbocycles. The lowest BCUT2D eigenvalue weighted by atomic mass is 9.99. The van der Waals surface area contributed by atoms with Crippen LogP contribution >= 0.6 is 12.4 Å². The molecule has 0 aromatic heterocycles. The van der Waals surface area contributed by atoms with Gasteiger partial charge < -0.3 is 10.6 Å². The number of hydrogen-bond acceptors (Lipinski definition) is 3. The van der Waals surface area contributed by atoms with Gasteiger partial charge in [0.1, 0.15) is 0 Å². The number of hydrogen-bond donors (Lipinski definition) is 2. The van der Waals surface area contributed by atoms with Crippen LogP contribution in [0.5, 0.6) is 0 Å². The van der Waals surface area contributed by atoms with Crippen molar-refractivity contribution in [3.8, 4) is 0 Å². The summed E-state index contributed by atoms with van der Waals surface area (Å²) in [4.78, 5) is 14.5. The molecule has 0 radical (unpaired) electrons. The molecule has 2 saturated heterocycles. The van der Waals surface area contributed by atoms with Crippen LogP contribution in [0.15, 0.2) is 24.3 Å². The van der Waals surface area contributed by atoms with E-state index < -0.39 is 0 Å². The van der Waals surface area contributed by atoms with E-state index in [2.05, 4.69) is 46.7 Å². The third kappa shape index (κ3) is 5.47. The third-order valence-electron chi connectivity index (χ3n) is 5.15. The SMILES string of the molecule is CC1CCN(Cc2ccc(CNC(=O)C3CCCN3)cc2)CC1.Cl. The standard InChI is InChI=1S/C19H29N3O.ClH/c1-15-8-11-22(12-9-15)14-17-6-4-16(5-7-17)13-21-19(23)18-3-2-10-20-18;/h4-7,15,18,20H,2-3,8-14H2,1H3,(H,21,23);1H. The highest BCUT2D eigenvalue weighted by molar-refractivity contribution is 5.85. The number of rotatable bonds is 5. The first-order chi connectivity index (χ1) is 11.2. The topological polar surface area (TPSA) is 44.4 Å². The van der Waals surface area contributed by atoms with Crippen molar-refractivity contribution < 1.29 is 4.79 Å². The second-order valence-corrected chi connectivity index (χ2v) is 7.14. The first kappa shape index (κ1) is 19.2. The number of nitrogens with zero attached hydrogens (tertiary/aromatic N) is 1. The van der Waals surface area contributed by atoms with Gasteiger partial charge in [0.15, 0.2) is 0 Å². The molecule has 1 amide bonds. The Labute approximate surface area is 151 Å². The maximum atomic E-state index is 12.0. The molecule has 3 rings (SSSR count). The Morgan fingerprint density at radius 2 is 1.83 bits per heavy atom. The van der Waals surface area contributed by atoms with Crippen LogP contribution < -0.4 is 10.6 Å². The molecule has 1 atom stereocenters. The fraction of sp³-hybridized carbons (Fsp3) is 0.632. The highest BCUT2D eigenvalue weighted by Crippen LogP contribution is 2.18. The molecule has 2 heterocycles. The zero-order valence-electron chi connectivity index (χ0n) is 14.6. The predicted molar refractivity (Wildman–Crippen MR) is 100 cm³/mol. The van der Waals surface area contributed by atoms with Crippen LogP contribution in [0.2, 0.25) is 0 Å². The third-order valence-corrected chi connectivity index (χ3v) is 5.15. The van der Waals surface area contributed by atoms with E-state index in [1.165, 1.54) is 37.1 Å². The zero-order chi connectivity index (χ0) is 16.1. The lowest BCUT2D eigenvalue weighted by Gasteiger charge is -2.30. The van der Waals surface area contributed by atoms with Crippen LogP contribution in [0, 0.1) is 5.92 Å². The molecule has 2 aliphatic heterocycles. The Morgan fingerprint density at radius 3 is 2.46 bits per heavy atom. The monoisotopic (exact) mass is 351 g/mol. The Bertz CT molecular complexity index is 506. The van der Waals surface area contributed by atoms with Crippen molar-refractivity contribution in [1.29, 1.82) is 0 Å². The van der Waals surface area contributed by atoms with Crippen LogP contribution in [0.3, 0.4) is 0 Å². The van der Waals surface area contributed by atoms with Crippen molar-refractivity contribution in [2.45, 2.75) is 51.7 Å². The molecule has 0 saturated carbocycles. The van der Waals surface area contributed by atoms with E-state index in [-0.39, 0.29) is 24.4 Å². The minimum absolute atomic E-state index is 0. The first-order valence-corrected chi connectivity index (χ1v) is 9.02. The van der Waals surface area contributed by atoms with Crippen molar-refractivity contribution in [1.82, 2.24) is 15.5 Å². The van der Waals surface area contributed by atoms with Crippen LogP contribution in [-0.4, -0.2) is 36.5 Å². The van der Waals surface area contributed by atoms with Gasteiger partial charge in [-0.15, -0.1) is 12.4 Å². The lowest BCUT2D eigenvalue weighted by Crippen LogP contribution is -2.39. The molecule has 0 bridgehead atoms. The molecule has 134 valence electrons. The minimum Gasteiger partial charge on any atom is -0.351 e. The smallest absolute Gasteiger partial charge is 0.237 e. The number of benzene rings is 1. The molecule has 0 aliphatic carbocycles. The van der Waals surface area contributed by atoms with Gasteiger partial charge in [0.05, 0.1) is 6.04 Å². The lowest BCUT2D eigenvalue weighted by molar-refractivity contribution is -0.122. The fourth-order valence-electron chi connectivity index (χ4n) is 3.46. The van der Waals surface area contributed by atoms with Crippen LogP contribution in [-0.2, 0) is 17.9 Å². The van der Waals surface area contributed by atoms with E-state index >= 15 is 0 Å². The van der Waals surface area contributed by atoms with Crippen molar-refractivity contribution >= 4 is 18.3 Å². The number of carbonyl (C=O) groups excluding carboxylic acids is 1. The molecule has 24 heavy (non-hydrogen) atoms. The van der Waals surface area contributed by atoms with Crippen LogP contribution in [0.25, 0.3) is 0 Å². The summed E-state index contributed by atoms with van der Waals surface area (Å²) in [5.74, 6) is 1.01. The maximum absolute atomic E-state index is 12.0. The summed E-state index contributed by atoms with van der Waals surface area (Å²) < 4.78 is 0. The predicted octanol–water partition coefficient (Wildman–Crippen LogP) is 2.71. The fourth-order valence-corrected chi connectivity index (χ4v) is 3.46. The Kier molecular flexibility index (Phi) is 7.53. The van der Waals surface area contributed by atoms with Crippen LogP contribution in [0.4, 0.5) is 0 Å². The van der Waals surface area contributed by atoms with Crippen molar-refractivity contribution in [2.24, 2.45) is 5.92 Å². The molecule has 4 nitrogen and oxygen atoms in total. The largest absolute Gasteiger partial charge is 0.351 e. The van der Waals surface area contributed by atoms with Gasteiger partial charge in [0.2, 0.25) is 5.91 Å². The van der Waals surface area contributed by atoms with Gasteiger partial charge in [0.25, 0.3) is 0 Å². The highest BCUT2D eigenvalue weighted by Gasteiger charge is 2.21. The van der Waals surface area contributed by atoms with Crippen molar-refractivity contribution in [3.63, 3.8) is 0 Å². The van der Waals surface area contributed by atoms with E-state index in [0.717, 1.165) is 31.8 Å². The summed E-state index contributed by atoms with van der Waals surface area (Å²) in [6.07, 6.45) is 4.69. The number of nitrogens with one attached hydrogen (secondary N) is 2. The minimum atomic E-state index is 0. The number of amides is 1. The Hall–Kier alpha value is -1.10. The molecule has 0 spiro atoms. The van der Waals surface area contributed by atoms with Gasteiger partial charge in [-0.05, 0) is 62.4 Å². The zero-order valence-corrected chi connectivity index (χ0v) is 15.4. The van der Waals surface area contributed by atoms with E-state index in [9.17, 15) is 4.79 Å². The second kappa shape index (κ2) is 9.40. The summed E-state index contributed by atoms with van der Waals surface area (Å²) in [5.41, 5.74) is 2.54. The average molecular weight is 352 g/mol. The van der Waals surface area contributed by atoms with Gasteiger partial charge >= 0.3 is 0 Å². The summed E-state index contributed by atoms with van der Waals surface area (Å²) in [6, 6.07) is 8.70. The summed E-state index contributed by atoms with van der Waals surface area (Å²) >= 11 is 0. The Morgan fingerprint density at radius 1 is 1.17 bits per heavy atom. The molecular formula is C19H30ClN3O. The molecule has 2 aliphatic rings. The van der Waals surface area contributed by atoms with Crippen LogP contribution in [0.1, 0.15) is 43.7 Å². The van der Waals surface area contributed by atoms with E-state index in [1.54, 1.807) is 0 Å². The van der Waals surface area contributed by atoms with Gasteiger partial charge in [-0.3, -0.25) is 9.69 Å². The maximum Gasteiger partial charge on any atom is 0.237 e. The summed E-state index contributed by atoms with van der Waals surface area (Å²) in [5, 5.41) is 6.27. The van der Waals surface area contributed by atoms with Gasteiger partial charge in [-0.25, -0.2) is 0 Å². The van der Waals surface area contributed by atoms with E-state index in [0.29, 0.717) is 6.54 Å². The molecule has 5 heteroatoms. The second-order valence-electron chi connectivity index (χ2n) is 7.14. The van der Waals surface area contributed by atoms with Gasteiger partial charge in [-0.1, -0.05) is 31.2 Å². The number of halogens is 1. The molecule has 1 aromatic rings. The average Bonchev–Trinajstić information content (AvgIpc) is 3.11. The van der Waals surface area contributed by atoms with Gasteiger partial charge in [-0.2, -0.15) is 0 Å². The summed E-state index contributed by atoms with van der Waals surface area (Å²) in [6.45, 7) is 7.41. The normalized spacial score (nSPS) is 22.1. The number of likely N-dealkylation sites (tertiary alicyclic amines) is 1. The van der Waals surface area contributed by atoms with E-state index in [1.807, 2.05) is 0 Å². The number of carbonyl (C=O) groups is 1. The molecule has 2 N–H and O–H groups in total. The molecule has 2 fully saturated rings. The first-order valence-electron chi connectivity index (χ1n) is 9.02. The van der Waals surface area contributed by atoms with E-state index in [4.69, 9.17) is 0 Å². The molecular weight excluding hydrogens is 322 g/mol. The van der Waals surface area contributed by atoms with Gasteiger partial charge in [0, 0.05) is 13.1 Å². The quantitative estimate of drug-likeness (QED) is 0.857. The number of piperidine rings is 1.